The van der Waals surface area contributed by atoms with E-state index in [0.29, 0.717) is 18.5 Å². The average molecular weight is 329 g/mol. The second-order valence-corrected chi connectivity index (χ2v) is 6.02. The van der Waals surface area contributed by atoms with E-state index in [1.54, 1.807) is 37.3 Å². The number of benzene rings is 2. The maximum Gasteiger partial charge on any atom is 0.225 e. The average Bonchev–Trinajstić information content (AvgIpc) is 2.61. The SMILES string of the molecule is COc1ccccc1CCN(C)C(=O)C(C)Cc1ccccc1F. The molecule has 3 nitrogen and oxygen atoms in total. The van der Waals surface area contributed by atoms with E-state index in [9.17, 15) is 9.18 Å². The molecule has 0 radical (unpaired) electrons. The van der Waals surface area contributed by atoms with Crippen molar-refractivity contribution in [3.05, 3.63) is 65.5 Å². The first kappa shape index (κ1) is 18.0. The van der Waals surface area contributed by atoms with Crippen molar-refractivity contribution in [3.63, 3.8) is 0 Å². The van der Waals surface area contributed by atoms with Gasteiger partial charge in [-0.1, -0.05) is 43.3 Å². The van der Waals surface area contributed by atoms with Gasteiger partial charge in [-0.05, 0) is 36.1 Å². The highest BCUT2D eigenvalue weighted by atomic mass is 19.1. The van der Waals surface area contributed by atoms with Crippen molar-refractivity contribution in [1.29, 1.82) is 0 Å². The second-order valence-electron chi connectivity index (χ2n) is 6.02. The molecular formula is C20H24FNO2. The zero-order valence-electron chi connectivity index (χ0n) is 14.5. The Hall–Kier alpha value is -2.36. The summed E-state index contributed by atoms with van der Waals surface area (Å²) in [4.78, 5) is 14.2. The number of hydrogen-bond acceptors (Lipinski definition) is 2. The minimum atomic E-state index is -0.260. The number of rotatable bonds is 7. The maximum absolute atomic E-state index is 13.7. The number of hydrogen-bond donors (Lipinski definition) is 0. The first-order valence-corrected chi connectivity index (χ1v) is 8.13. The molecule has 0 aliphatic heterocycles. The van der Waals surface area contributed by atoms with Gasteiger partial charge in [-0.15, -0.1) is 0 Å². The van der Waals surface area contributed by atoms with Crippen LogP contribution in [0.3, 0.4) is 0 Å². The molecule has 2 aromatic rings. The van der Waals surface area contributed by atoms with E-state index in [1.807, 2.05) is 31.2 Å². The Balaban J connectivity index is 1.93. The number of methoxy groups -OCH3 is 1. The summed E-state index contributed by atoms with van der Waals surface area (Å²) in [6.45, 7) is 2.44. The van der Waals surface area contributed by atoms with Crippen LogP contribution in [-0.4, -0.2) is 31.5 Å². The molecule has 0 spiro atoms. The van der Waals surface area contributed by atoms with Crippen LogP contribution >= 0.6 is 0 Å². The van der Waals surface area contributed by atoms with E-state index in [1.165, 1.54) is 6.07 Å². The fraction of sp³-hybridized carbons (Fsp3) is 0.350. The van der Waals surface area contributed by atoms with Gasteiger partial charge < -0.3 is 9.64 Å². The summed E-state index contributed by atoms with van der Waals surface area (Å²) in [7, 11) is 3.43. The van der Waals surface area contributed by atoms with Crippen LogP contribution < -0.4 is 4.74 Å². The number of halogens is 1. The quantitative estimate of drug-likeness (QED) is 0.775. The van der Waals surface area contributed by atoms with E-state index >= 15 is 0 Å². The molecule has 24 heavy (non-hydrogen) atoms. The summed E-state index contributed by atoms with van der Waals surface area (Å²) < 4.78 is 19.1. The molecule has 1 amide bonds. The number of ether oxygens (including phenoxy) is 1. The predicted octanol–water partition coefficient (Wildman–Crippen LogP) is 3.71. The summed E-state index contributed by atoms with van der Waals surface area (Å²) in [6.07, 6.45) is 1.13. The third kappa shape index (κ3) is 4.57. The molecule has 0 heterocycles. The molecule has 0 saturated heterocycles. The molecule has 1 atom stereocenters. The van der Waals surface area contributed by atoms with Crippen LogP contribution in [0.25, 0.3) is 0 Å². The zero-order chi connectivity index (χ0) is 17.5. The number of carbonyl (C=O) groups excluding carboxylic acids is 1. The number of carbonyl (C=O) groups is 1. The predicted molar refractivity (Wildman–Crippen MR) is 93.6 cm³/mol. The largest absolute Gasteiger partial charge is 0.496 e. The highest BCUT2D eigenvalue weighted by molar-refractivity contribution is 5.78. The van der Waals surface area contributed by atoms with Gasteiger partial charge in [0.15, 0.2) is 0 Å². The van der Waals surface area contributed by atoms with Crippen molar-refractivity contribution >= 4 is 5.91 Å². The summed E-state index contributed by atoms with van der Waals surface area (Å²) in [5.74, 6) is 0.337. The van der Waals surface area contributed by atoms with Crippen molar-refractivity contribution in [2.45, 2.75) is 19.8 Å². The fourth-order valence-corrected chi connectivity index (χ4v) is 2.77. The molecule has 2 aromatic carbocycles. The van der Waals surface area contributed by atoms with Crippen molar-refractivity contribution in [1.82, 2.24) is 4.90 Å². The Morgan fingerprint density at radius 2 is 1.75 bits per heavy atom. The lowest BCUT2D eigenvalue weighted by atomic mass is 9.99. The summed E-state index contributed by atoms with van der Waals surface area (Å²) >= 11 is 0. The minimum Gasteiger partial charge on any atom is -0.496 e. The van der Waals surface area contributed by atoms with Crippen molar-refractivity contribution in [2.24, 2.45) is 5.92 Å². The van der Waals surface area contributed by atoms with Crippen LogP contribution in [0.15, 0.2) is 48.5 Å². The van der Waals surface area contributed by atoms with E-state index in [-0.39, 0.29) is 17.6 Å². The molecule has 0 saturated carbocycles. The van der Waals surface area contributed by atoms with E-state index in [0.717, 1.165) is 17.7 Å². The lowest BCUT2D eigenvalue weighted by Crippen LogP contribution is -2.34. The van der Waals surface area contributed by atoms with Gasteiger partial charge in [-0.25, -0.2) is 4.39 Å². The topological polar surface area (TPSA) is 29.5 Å². The second kappa shape index (κ2) is 8.48. The van der Waals surface area contributed by atoms with Crippen LogP contribution in [0.4, 0.5) is 4.39 Å². The molecular weight excluding hydrogens is 305 g/mol. The van der Waals surface area contributed by atoms with Gasteiger partial charge in [0.25, 0.3) is 0 Å². The fourth-order valence-electron chi connectivity index (χ4n) is 2.77. The molecule has 128 valence electrons. The number of para-hydroxylation sites is 1. The third-order valence-corrected chi connectivity index (χ3v) is 4.19. The van der Waals surface area contributed by atoms with Gasteiger partial charge in [-0.3, -0.25) is 4.79 Å². The zero-order valence-corrected chi connectivity index (χ0v) is 14.5. The lowest BCUT2D eigenvalue weighted by Gasteiger charge is -2.22. The summed E-state index contributed by atoms with van der Waals surface area (Å²) in [6, 6.07) is 14.4. The highest BCUT2D eigenvalue weighted by Gasteiger charge is 2.19. The number of amides is 1. The summed E-state index contributed by atoms with van der Waals surface area (Å²) in [5, 5.41) is 0. The van der Waals surface area contributed by atoms with Crippen molar-refractivity contribution in [2.75, 3.05) is 20.7 Å². The molecule has 0 fully saturated rings. The van der Waals surface area contributed by atoms with E-state index in [4.69, 9.17) is 4.74 Å². The number of likely N-dealkylation sites (N-methyl/N-ethyl adjacent to an activating group) is 1. The first-order chi connectivity index (χ1) is 11.5. The van der Waals surface area contributed by atoms with Gasteiger partial charge in [0.2, 0.25) is 5.91 Å². The molecule has 0 aromatic heterocycles. The van der Waals surface area contributed by atoms with Crippen LogP contribution in [0.1, 0.15) is 18.1 Å². The Morgan fingerprint density at radius 3 is 2.42 bits per heavy atom. The smallest absolute Gasteiger partial charge is 0.225 e. The van der Waals surface area contributed by atoms with Gasteiger partial charge in [-0.2, -0.15) is 0 Å². The molecule has 1 unspecified atom stereocenters. The van der Waals surface area contributed by atoms with Crippen molar-refractivity contribution in [3.8, 4) is 5.75 Å². The van der Waals surface area contributed by atoms with Gasteiger partial charge in [0, 0.05) is 19.5 Å². The lowest BCUT2D eigenvalue weighted by molar-refractivity contribution is -0.133. The Kier molecular flexibility index (Phi) is 6.36. The first-order valence-electron chi connectivity index (χ1n) is 8.13. The van der Waals surface area contributed by atoms with E-state index < -0.39 is 0 Å². The normalized spacial score (nSPS) is 11.8. The van der Waals surface area contributed by atoms with Crippen LogP contribution in [0.5, 0.6) is 5.75 Å². The number of nitrogens with zero attached hydrogens (tertiary/aromatic N) is 1. The Bertz CT molecular complexity index is 687. The van der Waals surface area contributed by atoms with Crippen LogP contribution in [0, 0.1) is 11.7 Å². The monoisotopic (exact) mass is 329 g/mol. The van der Waals surface area contributed by atoms with Crippen LogP contribution in [-0.2, 0) is 17.6 Å². The molecule has 4 heteroatoms. The van der Waals surface area contributed by atoms with Gasteiger partial charge >= 0.3 is 0 Å². The molecule has 0 N–H and O–H groups in total. The van der Waals surface area contributed by atoms with E-state index in [2.05, 4.69) is 0 Å². The summed E-state index contributed by atoms with van der Waals surface area (Å²) in [5.41, 5.74) is 1.65. The Labute approximate surface area is 143 Å². The van der Waals surface area contributed by atoms with Crippen molar-refractivity contribution < 1.29 is 13.9 Å². The van der Waals surface area contributed by atoms with Crippen LogP contribution in [0.2, 0.25) is 0 Å². The Morgan fingerprint density at radius 1 is 1.12 bits per heavy atom. The van der Waals surface area contributed by atoms with Gasteiger partial charge in [0.1, 0.15) is 11.6 Å². The molecule has 0 bridgehead atoms. The minimum absolute atomic E-state index is 0.0214. The maximum atomic E-state index is 13.7. The standard InChI is InChI=1S/C20H24FNO2/c1-15(14-17-9-4-6-10-18(17)21)20(23)22(2)13-12-16-8-5-7-11-19(16)24-3/h4-11,15H,12-14H2,1-3H3. The van der Waals surface area contributed by atoms with Gasteiger partial charge in [0.05, 0.1) is 7.11 Å². The molecule has 0 aliphatic rings. The highest BCUT2D eigenvalue weighted by Crippen LogP contribution is 2.19. The third-order valence-electron chi connectivity index (χ3n) is 4.19. The molecule has 0 aliphatic carbocycles. The molecule has 2 rings (SSSR count).